The van der Waals surface area contributed by atoms with E-state index in [4.69, 9.17) is 9.15 Å². The predicted molar refractivity (Wildman–Crippen MR) is 97.2 cm³/mol. The fraction of sp³-hybridized carbons (Fsp3) is 0.550. The Balaban J connectivity index is 1.67. The lowest BCUT2D eigenvalue weighted by Crippen LogP contribution is -2.30. The van der Waals surface area contributed by atoms with Crippen LogP contribution in [-0.4, -0.2) is 43.5 Å². The lowest BCUT2D eigenvalue weighted by Gasteiger charge is -2.26. The molecule has 0 aliphatic carbocycles. The van der Waals surface area contributed by atoms with Crippen LogP contribution in [0.2, 0.25) is 0 Å². The molecule has 2 saturated heterocycles. The summed E-state index contributed by atoms with van der Waals surface area (Å²) < 4.78 is 11.4. The van der Waals surface area contributed by atoms with Gasteiger partial charge in [0.2, 0.25) is 5.78 Å². The minimum absolute atomic E-state index is 0.0553. The summed E-state index contributed by atoms with van der Waals surface area (Å²) >= 11 is 0. The summed E-state index contributed by atoms with van der Waals surface area (Å²) in [6, 6.07) is 5.86. The molecular weight excluding hydrogens is 316 g/mol. The van der Waals surface area contributed by atoms with E-state index in [1.807, 2.05) is 12.1 Å². The Labute approximate surface area is 148 Å². The number of fused-ring (bicyclic) bond motifs is 1. The molecule has 0 saturated carbocycles. The van der Waals surface area contributed by atoms with Crippen molar-refractivity contribution in [2.75, 3.05) is 26.7 Å². The topological polar surface area (TPSA) is 54.7 Å². The van der Waals surface area contributed by atoms with Crippen molar-refractivity contribution in [1.82, 2.24) is 10.2 Å². The molecule has 2 fully saturated rings. The average Bonchev–Trinajstić information content (AvgIpc) is 3.32. The van der Waals surface area contributed by atoms with E-state index in [1.165, 1.54) is 24.8 Å². The summed E-state index contributed by atoms with van der Waals surface area (Å²) in [6.07, 6.45) is 5.78. The summed E-state index contributed by atoms with van der Waals surface area (Å²) in [5.74, 6) is 1.19. The SMILES string of the molecule is COc1ccc(CN2CCCCC2)c2cc(C(=O)C3CCCN3)oc12. The van der Waals surface area contributed by atoms with Crippen LogP contribution < -0.4 is 10.1 Å². The van der Waals surface area contributed by atoms with E-state index in [-0.39, 0.29) is 11.8 Å². The number of piperidine rings is 1. The number of ketones is 1. The van der Waals surface area contributed by atoms with Crippen LogP contribution in [0.25, 0.3) is 11.0 Å². The second-order valence-corrected chi connectivity index (χ2v) is 7.13. The molecule has 5 nitrogen and oxygen atoms in total. The molecule has 0 bridgehead atoms. The van der Waals surface area contributed by atoms with Crippen LogP contribution in [0.1, 0.15) is 48.2 Å². The minimum Gasteiger partial charge on any atom is -0.493 e. The molecular formula is C20H26N2O3. The number of hydrogen-bond acceptors (Lipinski definition) is 5. The van der Waals surface area contributed by atoms with Crippen molar-refractivity contribution in [2.24, 2.45) is 0 Å². The van der Waals surface area contributed by atoms with Crippen molar-refractivity contribution in [3.8, 4) is 5.75 Å². The molecule has 2 aromatic rings. The van der Waals surface area contributed by atoms with Crippen LogP contribution in [0.5, 0.6) is 5.75 Å². The number of benzene rings is 1. The summed E-state index contributed by atoms with van der Waals surface area (Å²) in [5, 5.41) is 4.26. The first-order valence-electron chi connectivity index (χ1n) is 9.35. The number of furan rings is 1. The number of nitrogens with one attached hydrogen (secondary N) is 1. The van der Waals surface area contributed by atoms with Crippen molar-refractivity contribution in [2.45, 2.75) is 44.7 Å². The normalized spacial score (nSPS) is 21.7. The predicted octanol–water partition coefficient (Wildman–Crippen LogP) is 3.36. The molecule has 5 heteroatoms. The van der Waals surface area contributed by atoms with Crippen LogP contribution >= 0.6 is 0 Å². The number of ether oxygens (including phenoxy) is 1. The standard InChI is InChI=1S/C20H26N2O3/c1-24-17-8-7-14(13-22-10-3-2-4-11-22)15-12-18(25-20(15)17)19(23)16-6-5-9-21-16/h7-8,12,16,21H,2-6,9-11,13H2,1H3. The van der Waals surface area contributed by atoms with E-state index >= 15 is 0 Å². The van der Waals surface area contributed by atoms with Crippen LogP contribution in [0.3, 0.4) is 0 Å². The number of methoxy groups -OCH3 is 1. The Kier molecular flexibility index (Phi) is 4.77. The third kappa shape index (κ3) is 3.31. The molecule has 1 aromatic heterocycles. The number of carbonyl (C=O) groups is 1. The lowest BCUT2D eigenvalue weighted by molar-refractivity contribution is 0.0927. The van der Waals surface area contributed by atoms with Gasteiger partial charge in [0.05, 0.1) is 13.2 Å². The third-order valence-corrected chi connectivity index (χ3v) is 5.42. The Morgan fingerprint density at radius 1 is 1.28 bits per heavy atom. The van der Waals surface area contributed by atoms with Gasteiger partial charge in [0.15, 0.2) is 17.1 Å². The van der Waals surface area contributed by atoms with Gasteiger partial charge in [-0.15, -0.1) is 0 Å². The first kappa shape index (κ1) is 16.6. The number of nitrogens with zero attached hydrogens (tertiary/aromatic N) is 1. The maximum absolute atomic E-state index is 12.7. The molecule has 4 rings (SSSR count). The van der Waals surface area contributed by atoms with Crippen LogP contribution in [0, 0.1) is 0 Å². The van der Waals surface area contributed by atoms with Gasteiger partial charge in [-0.3, -0.25) is 9.69 Å². The Hall–Kier alpha value is -1.85. The summed E-state index contributed by atoms with van der Waals surface area (Å²) in [5.41, 5.74) is 1.90. The highest BCUT2D eigenvalue weighted by atomic mass is 16.5. The van der Waals surface area contributed by atoms with Gasteiger partial charge >= 0.3 is 0 Å². The number of carbonyl (C=O) groups excluding carboxylic acids is 1. The summed E-state index contributed by atoms with van der Waals surface area (Å²) in [4.78, 5) is 15.2. The van der Waals surface area contributed by atoms with Gasteiger partial charge < -0.3 is 14.5 Å². The van der Waals surface area contributed by atoms with Crippen LogP contribution in [0.15, 0.2) is 22.6 Å². The second-order valence-electron chi connectivity index (χ2n) is 7.13. The van der Waals surface area contributed by atoms with Crippen molar-refractivity contribution < 1.29 is 13.9 Å². The highest BCUT2D eigenvalue weighted by Crippen LogP contribution is 2.33. The molecule has 1 aromatic carbocycles. The highest BCUT2D eigenvalue weighted by Gasteiger charge is 2.27. The highest BCUT2D eigenvalue weighted by molar-refractivity contribution is 6.02. The number of likely N-dealkylation sites (tertiary alicyclic amines) is 1. The van der Waals surface area contributed by atoms with Crippen LogP contribution in [0.4, 0.5) is 0 Å². The van der Waals surface area contributed by atoms with E-state index in [0.717, 1.165) is 44.4 Å². The van der Waals surface area contributed by atoms with Crippen molar-refractivity contribution >= 4 is 16.8 Å². The zero-order chi connectivity index (χ0) is 17.2. The lowest BCUT2D eigenvalue weighted by atomic mass is 10.0. The monoisotopic (exact) mass is 342 g/mol. The molecule has 25 heavy (non-hydrogen) atoms. The van der Waals surface area contributed by atoms with Gasteiger partial charge in [0, 0.05) is 11.9 Å². The molecule has 2 aliphatic rings. The van der Waals surface area contributed by atoms with Gasteiger partial charge in [-0.2, -0.15) is 0 Å². The van der Waals surface area contributed by atoms with Gasteiger partial charge in [-0.1, -0.05) is 12.5 Å². The number of rotatable bonds is 5. The van der Waals surface area contributed by atoms with E-state index in [2.05, 4.69) is 16.3 Å². The van der Waals surface area contributed by atoms with E-state index in [9.17, 15) is 4.79 Å². The zero-order valence-corrected chi connectivity index (χ0v) is 14.8. The van der Waals surface area contributed by atoms with Gasteiger partial charge in [0.1, 0.15) is 0 Å². The molecule has 1 atom stereocenters. The Morgan fingerprint density at radius 3 is 2.84 bits per heavy atom. The summed E-state index contributed by atoms with van der Waals surface area (Å²) in [7, 11) is 1.64. The first-order chi connectivity index (χ1) is 12.3. The van der Waals surface area contributed by atoms with Crippen molar-refractivity contribution in [1.29, 1.82) is 0 Å². The Bertz CT molecular complexity index is 756. The van der Waals surface area contributed by atoms with Crippen molar-refractivity contribution in [3.63, 3.8) is 0 Å². The van der Waals surface area contributed by atoms with Crippen molar-refractivity contribution in [3.05, 3.63) is 29.5 Å². The molecule has 0 radical (unpaired) electrons. The van der Waals surface area contributed by atoms with Crippen LogP contribution in [-0.2, 0) is 6.54 Å². The largest absolute Gasteiger partial charge is 0.493 e. The summed E-state index contributed by atoms with van der Waals surface area (Å²) in [6.45, 7) is 4.09. The molecule has 0 amide bonds. The molecule has 3 heterocycles. The second kappa shape index (κ2) is 7.18. The number of Topliss-reactive ketones (excluding diaryl/α,β-unsaturated/α-hetero) is 1. The minimum atomic E-state index is -0.114. The smallest absolute Gasteiger partial charge is 0.214 e. The molecule has 1 N–H and O–H groups in total. The van der Waals surface area contributed by atoms with E-state index in [0.29, 0.717) is 17.1 Å². The maximum atomic E-state index is 12.7. The fourth-order valence-corrected chi connectivity index (χ4v) is 4.01. The molecule has 134 valence electrons. The fourth-order valence-electron chi connectivity index (χ4n) is 4.01. The Morgan fingerprint density at radius 2 is 2.12 bits per heavy atom. The first-order valence-corrected chi connectivity index (χ1v) is 9.35. The maximum Gasteiger partial charge on any atom is 0.214 e. The van der Waals surface area contributed by atoms with E-state index in [1.54, 1.807) is 7.11 Å². The molecule has 0 spiro atoms. The van der Waals surface area contributed by atoms with Gasteiger partial charge in [-0.05, 0) is 63.0 Å². The molecule has 2 aliphatic heterocycles. The van der Waals surface area contributed by atoms with Gasteiger partial charge in [-0.25, -0.2) is 0 Å². The quantitative estimate of drug-likeness (QED) is 0.845. The van der Waals surface area contributed by atoms with E-state index < -0.39 is 0 Å². The number of hydrogen-bond donors (Lipinski definition) is 1. The molecule has 1 unspecified atom stereocenters. The average molecular weight is 342 g/mol. The van der Waals surface area contributed by atoms with Gasteiger partial charge in [0.25, 0.3) is 0 Å². The third-order valence-electron chi connectivity index (χ3n) is 5.42. The zero-order valence-electron chi connectivity index (χ0n) is 14.8.